The molecule has 2 aromatic carbocycles. The normalized spacial score (nSPS) is 25.9. The van der Waals surface area contributed by atoms with Crippen LogP contribution in [0, 0.1) is 35.5 Å². The molecule has 5 fully saturated rings. The van der Waals surface area contributed by atoms with Crippen LogP contribution in [-0.2, 0) is 21.3 Å². The third-order valence-corrected chi connectivity index (χ3v) is 24.4. The predicted molar refractivity (Wildman–Crippen MR) is 211 cm³/mol. The van der Waals surface area contributed by atoms with Crippen LogP contribution in [0.3, 0.4) is 0 Å². The summed E-state index contributed by atoms with van der Waals surface area (Å²) in [7, 11) is 0. The van der Waals surface area contributed by atoms with Crippen molar-refractivity contribution in [3.63, 3.8) is 0 Å². The summed E-state index contributed by atoms with van der Waals surface area (Å²) in [5.41, 5.74) is 10.7. The largest absolute Gasteiger partial charge is 1.00 e. The summed E-state index contributed by atoms with van der Waals surface area (Å²) in [4.78, 5) is 0. The zero-order valence-corrected chi connectivity index (χ0v) is 36.1. The van der Waals surface area contributed by atoms with Gasteiger partial charge in [-0.25, -0.2) is 0 Å². The molecular weight excluding hydrogens is 751 g/mol. The van der Waals surface area contributed by atoms with Gasteiger partial charge < -0.3 is 24.8 Å². The molecule has 2 unspecified atom stereocenters. The maximum atomic E-state index is 3.05. The number of allylic oxidation sites excluding steroid dienone is 4. The van der Waals surface area contributed by atoms with Crippen LogP contribution in [0.1, 0.15) is 184 Å². The average molecular weight is 817 g/mol. The monoisotopic (exact) mass is 814 g/mol. The van der Waals surface area contributed by atoms with Gasteiger partial charge in [0.15, 0.2) is 0 Å². The Morgan fingerprint density at radius 3 is 1.08 bits per heavy atom. The Bertz CT molecular complexity index is 1420. The number of benzene rings is 2. The van der Waals surface area contributed by atoms with E-state index in [1.807, 2.05) is 11.1 Å². The van der Waals surface area contributed by atoms with Gasteiger partial charge >= 0.3 is 315 Å². The van der Waals surface area contributed by atoms with E-state index in [2.05, 4.69) is 63.9 Å². The summed E-state index contributed by atoms with van der Waals surface area (Å²) < 4.78 is 3.56. The molecule has 7 aliphatic rings. The molecule has 3 heteroatoms. The molecule has 9 rings (SSSR count). The topological polar surface area (TPSA) is 0 Å². The fraction of sp³-hybridized carbons (Fsp3) is 0.653. The van der Waals surface area contributed by atoms with E-state index in [-0.39, 0.29) is 24.8 Å². The van der Waals surface area contributed by atoms with Crippen molar-refractivity contribution in [2.45, 2.75) is 161 Å². The van der Waals surface area contributed by atoms with Crippen LogP contribution in [-0.4, -0.2) is 3.21 Å². The molecular formula is C49H66Cl2Zr. The summed E-state index contributed by atoms with van der Waals surface area (Å²) in [5.74, 6) is 5.29. The molecule has 2 atom stereocenters. The van der Waals surface area contributed by atoms with Crippen molar-refractivity contribution in [1.29, 1.82) is 0 Å². The van der Waals surface area contributed by atoms with E-state index in [4.69, 9.17) is 0 Å². The Hall–Kier alpha value is -0.747. The van der Waals surface area contributed by atoms with Crippen LogP contribution in [0.5, 0.6) is 0 Å². The molecule has 5 saturated carbocycles. The second-order valence-electron chi connectivity index (χ2n) is 18.3. The van der Waals surface area contributed by atoms with Crippen LogP contribution < -0.4 is 24.8 Å². The van der Waals surface area contributed by atoms with E-state index in [1.54, 1.807) is 22.3 Å². The Morgan fingerprint density at radius 2 is 0.731 bits per heavy atom. The maximum Gasteiger partial charge on any atom is -1.00 e. The van der Waals surface area contributed by atoms with Gasteiger partial charge in [-0.3, -0.25) is 0 Å². The molecule has 0 amide bonds. The van der Waals surface area contributed by atoms with Gasteiger partial charge in [-0.1, -0.05) is 0 Å². The van der Waals surface area contributed by atoms with Gasteiger partial charge in [0.2, 0.25) is 0 Å². The van der Waals surface area contributed by atoms with Crippen LogP contribution in [0.4, 0.5) is 0 Å². The molecule has 7 aliphatic carbocycles. The standard InChI is InChI=1S/2C22H29.C5H8.2ClH.Zr/c2*1-3-10-18(11-4-1)22(19-12-5-2-6-13-19)21-16-15-17-9-7-8-14-20(17)21;1-2-4-5-3-1;;;/h2*7-9,14-16,18-19,22H,1-6,10-13H2;1-4H2;2*1H;/q;;;;;+2/p-2. The second-order valence-corrected chi connectivity index (χ2v) is 25.3. The molecule has 0 spiro atoms. The first-order chi connectivity index (χ1) is 24.8. The third-order valence-electron chi connectivity index (χ3n) is 15.5. The third kappa shape index (κ3) is 7.93. The summed E-state index contributed by atoms with van der Waals surface area (Å²) >= 11 is -2.28. The van der Waals surface area contributed by atoms with Crippen LogP contribution >= 0.6 is 0 Å². The second kappa shape index (κ2) is 18.5. The molecule has 0 nitrogen and oxygen atoms in total. The molecule has 52 heavy (non-hydrogen) atoms. The van der Waals surface area contributed by atoms with Gasteiger partial charge in [0.25, 0.3) is 0 Å². The van der Waals surface area contributed by atoms with Gasteiger partial charge in [0.1, 0.15) is 0 Å². The van der Waals surface area contributed by atoms with Crippen molar-refractivity contribution in [3.05, 3.63) is 82.9 Å². The van der Waals surface area contributed by atoms with Crippen LogP contribution in [0.2, 0.25) is 0 Å². The number of halogens is 2. The quantitative estimate of drug-likeness (QED) is 0.252. The van der Waals surface area contributed by atoms with Crippen molar-refractivity contribution < 1.29 is 46.1 Å². The van der Waals surface area contributed by atoms with Gasteiger partial charge in [0.05, 0.1) is 0 Å². The van der Waals surface area contributed by atoms with Gasteiger partial charge in [-0.05, 0) is 0 Å². The van der Waals surface area contributed by atoms with Crippen molar-refractivity contribution in [3.8, 4) is 0 Å². The molecule has 0 radical (unpaired) electrons. The molecule has 0 saturated heterocycles. The van der Waals surface area contributed by atoms with Crippen molar-refractivity contribution >= 4 is 14.4 Å². The first-order valence-electron chi connectivity index (χ1n) is 22.2. The smallest absolute Gasteiger partial charge is 1.00 e. The minimum atomic E-state index is -2.28. The minimum absolute atomic E-state index is 0. The summed E-state index contributed by atoms with van der Waals surface area (Å²) in [6.45, 7) is 0. The molecule has 0 N–H and O–H groups in total. The van der Waals surface area contributed by atoms with Gasteiger partial charge in [0, 0.05) is 0 Å². The van der Waals surface area contributed by atoms with Crippen molar-refractivity contribution in [2.24, 2.45) is 35.5 Å². The van der Waals surface area contributed by atoms with Gasteiger partial charge in [-0.2, -0.15) is 0 Å². The molecule has 0 aromatic heterocycles. The molecule has 0 aliphatic heterocycles. The Morgan fingerprint density at radius 1 is 0.404 bits per heavy atom. The Kier molecular flexibility index (Phi) is 14.0. The van der Waals surface area contributed by atoms with Gasteiger partial charge in [-0.15, -0.1) is 0 Å². The Balaban J connectivity index is 0.00000210. The Labute approximate surface area is 337 Å². The first kappa shape index (κ1) is 39.5. The van der Waals surface area contributed by atoms with Crippen LogP contribution in [0.15, 0.2) is 60.7 Å². The minimum Gasteiger partial charge on any atom is -1.00 e. The van der Waals surface area contributed by atoms with E-state index < -0.39 is 21.3 Å². The van der Waals surface area contributed by atoms with E-state index in [9.17, 15) is 0 Å². The number of fused-ring (bicyclic) bond motifs is 2. The van der Waals surface area contributed by atoms with Crippen molar-refractivity contribution in [1.82, 2.24) is 0 Å². The first-order valence-corrected chi connectivity index (χ1v) is 26.3. The summed E-state index contributed by atoms with van der Waals surface area (Å²) in [5, 5.41) is 0. The maximum absolute atomic E-state index is 3.05. The zero-order valence-electron chi connectivity index (χ0n) is 32.1. The van der Waals surface area contributed by atoms with E-state index >= 15 is 0 Å². The summed E-state index contributed by atoms with van der Waals surface area (Å²) in [6.07, 6.45) is 41.5. The molecule has 2 aromatic rings. The van der Waals surface area contributed by atoms with E-state index in [0.717, 1.165) is 42.8 Å². The average Bonchev–Trinajstić information content (AvgIpc) is 3.94. The number of hydrogen-bond acceptors (Lipinski definition) is 0. The fourth-order valence-corrected chi connectivity index (χ4v) is 23.4. The molecule has 0 heterocycles. The number of hydrogen-bond donors (Lipinski definition) is 0. The molecule has 280 valence electrons. The van der Waals surface area contributed by atoms with E-state index in [1.165, 1.54) is 154 Å². The molecule has 0 bridgehead atoms. The predicted octanol–water partition coefficient (Wildman–Crippen LogP) is 8.19. The van der Waals surface area contributed by atoms with Crippen molar-refractivity contribution in [2.75, 3.05) is 0 Å². The van der Waals surface area contributed by atoms with E-state index in [0.29, 0.717) is 0 Å². The fourth-order valence-electron chi connectivity index (χ4n) is 13.4. The summed E-state index contributed by atoms with van der Waals surface area (Å²) in [6, 6.07) is 20.1. The van der Waals surface area contributed by atoms with Crippen LogP contribution in [0.25, 0.3) is 11.1 Å². The zero-order chi connectivity index (χ0) is 33.3. The SMILES string of the molecule is C1=C(C(C2CCCCC2)C2CCCCC2)c2ccccc2[CH]1[Zr+2](=[C]1CCCC1)[CH]1C=C(C(C2CCCCC2)C2CCCCC2)c2ccccc21.[Cl-].[Cl-]. The number of rotatable bonds is 8.